The fourth-order valence-corrected chi connectivity index (χ4v) is 3.21. The van der Waals surface area contributed by atoms with Crippen molar-refractivity contribution in [3.8, 4) is 11.5 Å². The number of hydrogen-bond donors (Lipinski definition) is 1. The molecule has 2 aromatic carbocycles. The van der Waals surface area contributed by atoms with Gasteiger partial charge in [0.15, 0.2) is 23.1 Å². The SMILES string of the molecule is COc1ccc(NC(=O)C=Cc2ccc(F)c(F)c2)cc1OCCN(C(C)C)C(C)C. The van der Waals surface area contributed by atoms with Crippen LogP contribution in [0, 0.1) is 11.6 Å². The molecule has 0 aliphatic rings. The molecule has 2 aromatic rings. The van der Waals surface area contributed by atoms with Crippen LogP contribution in [0.25, 0.3) is 6.08 Å². The fraction of sp³-hybridized carbons (Fsp3) is 0.375. The number of hydrogen-bond acceptors (Lipinski definition) is 4. The molecule has 168 valence electrons. The molecule has 0 spiro atoms. The van der Waals surface area contributed by atoms with E-state index in [1.54, 1.807) is 25.3 Å². The normalized spacial score (nSPS) is 11.5. The van der Waals surface area contributed by atoms with E-state index in [0.717, 1.165) is 18.7 Å². The molecule has 0 atom stereocenters. The van der Waals surface area contributed by atoms with Gasteiger partial charge in [-0.05, 0) is 63.6 Å². The third-order valence-corrected chi connectivity index (χ3v) is 4.74. The van der Waals surface area contributed by atoms with Crippen LogP contribution in [-0.4, -0.2) is 43.2 Å². The first-order chi connectivity index (χ1) is 14.7. The minimum atomic E-state index is -0.965. The summed E-state index contributed by atoms with van der Waals surface area (Å²) >= 11 is 0. The molecule has 0 heterocycles. The van der Waals surface area contributed by atoms with Crippen LogP contribution in [-0.2, 0) is 4.79 Å². The number of amides is 1. The molecule has 0 bridgehead atoms. The van der Waals surface area contributed by atoms with E-state index in [2.05, 4.69) is 37.9 Å². The summed E-state index contributed by atoms with van der Waals surface area (Å²) in [6, 6.07) is 9.33. The van der Waals surface area contributed by atoms with E-state index >= 15 is 0 Å². The number of anilines is 1. The number of rotatable bonds is 10. The van der Waals surface area contributed by atoms with Crippen LogP contribution in [0.1, 0.15) is 33.3 Å². The van der Waals surface area contributed by atoms with E-state index in [1.165, 1.54) is 18.2 Å². The van der Waals surface area contributed by atoms with E-state index in [0.29, 0.717) is 41.4 Å². The molecular weight excluding hydrogens is 402 g/mol. The summed E-state index contributed by atoms with van der Waals surface area (Å²) < 4.78 is 37.5. The van der Waals surface area contributed by atoms with Gasteiger partial charge in [-0.1, -0.05) is 6.07 Å². The zero-order valence-electron chi connectivity index (χ0n) is 18.6. The molecule has 0 aliphatic heterocycles. The number of methoxy groups -OCH3 is 1. The Morgan fingerprint density at radius 2 is 1.74 bits per heavy atom. The molecule has 0 radical (unpaired) electrons. The average molecular weight is 433 g/mol. The Morgan fingerprint density at radius 1 is 1.03 bits per heavy atom. The van der Waals surface area contributed by atoms with Gasteiger partial charge in [0.1, 0.15) is 6.61 Å². The highest BCUT2D eigenvalue weighted by Crippen LogP contribution is 2.30. The zero-order chi connectivity index (χ0) is 23.0. The van der Waals surface area contributed by atoms with Crippen LogP contribution in [0.5, 0.6) is 11.5 Å². The molecule has 0 saturated heterocycles. The van der Waals surface area contributed by atoms with Crippen LogP contribution in [0.15, 0.2) is 42.5 Å². The van der Waals surface area contributed by atoms with Crippen LogP contribution in [0.3, 0.4) is 0 Å². The molecule has 0 unspecified atom stereocenters. The average Bonchev–Trinajstić information content (AvgIpc) is 2.71. The summed E-state index contributed by atoms with van der Waals surface area (Å²) in [5, 5.41) is 2.73. The lowest BCUT2D eigenvalue weighted by Crippen LogP contribution is -2.39. The largest absolute Gasteiger partial charge is 0.493 e. The number of nitrogens with zero attached hydrogens (tertiary/aromatic N) is 1. The van der Waals surface area contributed by atoms with Gasteiger partial charge < -0.3 is 14.8 Å². The van der Waals surface area contributed by atoms with E-state index < -0.39 is 17.5 Å². The predicted octanol–water partition coefficient (Wildman–Crippen LogP) is 5.12. The van der Waals surface area contributed by atoms with Crippen molar-refractivity contribution in [1.82, 2.24) is 4.90 Å². The van der Waals surface area contributed by atoms with Crippen molar-refractivity contribution < 1.29 is 23.0 Å². The number of carbonyl (C=O) groups excluding carboxylic acids is 1. The molecule has 1 amide bonds. The minimum absolute atomic E-state index is 0.382. The molecule has 7 heteroatoms. The zero-order valence-corrected chi connectivity index (χ0v) is 18.6. The Balaban J connectivity index is 2.02. The molecule has 0 aromatic heterocycles. The molecule has 0 fully saturated rings. The number of carbonyl (C=O) groups is 1. The topological polar surface area (TPSA) is 50.8 Å². The Bertz CT molecular complexity index is 906. The van der Waals surface area contributed by atoms with Crippen LogP contribution < -0.4 is 14.8 Å². The highest BCUT2D eigenvalue weighted by molar-refractivity contribution is 6.02. The van der Waals surface area contributed by atoms with Crippen LogP contribution >= 0.6 is 0 Å². The van der Waals surface area contributed by atoms with Crippen LogP contribution in [0.4, 0.5) is 14.5 Å². The molecule has 31 heavy (non-hydrogen) atoms. The Kier molecular flexibility index (Phi) is 9.00. The van der Waals surface area contributed by atoms with Gasteiger partial charge in [-0.25, -0.2) is 8.78 Å². The van der Waals surface area contributed by atoms with Gasteiger partial charge in [-0.15, -0.1) is 0 Å². The van der Waals surface area contributed by atoms with E-state index in [-0.39, 0.29) is 0 Å². The number of halogens is 2. The lowest BCUT2D eigenvalue weighted by atomic mass is 10.2. The minimum Gasteiger partial charge on any atom is -0.493 e. The maximum Gasteiger partial charge on any atom is 0.248 e. The van der Waals surface area contributed by atoms with Gasteiger partial charge >= 0.3 is 0 Å². The number of benzene rings is 2. The second-order valence-electron chi connectivity index (χ2n) is 7.64. The first kappa shape index (κ1) is 24.3. The van der Waals surface area contributed by atoms with E-state index in [1.807, 2.05) is 0 Å². The van der Waals surface area contributed by atoms with Gasteiger partial charge in [0.05, 0.1) is 7.11 Å². The summed E-state index contributed by atoms with van der Waals surface area (Å²) in [7, 11) is 1.56. The van der Waals surface area contributed by atoms with Crippen molar-refractivity contribution in [3.05, 3.63) is 59.7 Å². The molecule has 5 nitrogen and oxygen atoms in total. The summed E-state index contributed by atoms with van der Waals surface area (Å²) in [5.41, 5.74) is 0.910. The second-order valence-corrected chi connectivity index (χ2v) is 7.64. The summed E-state index contributed by atoms with van der Waals surface area (Å²) in [5.74, 6) is -1.22. The van der Waals surface area contributed by atoms with Gasteiger partial charge in [-0.3, -0.25) is 9.69 Å². The molecule has 0 saturated carbocycles. The van der Waals surface area contributed by atoms with Crippen molar-refractivity contribution in [1.29, 1.82) is 0 Å². The smallest absolute Gasteiger partial charge is 0.248 e. The Morgan fingerprint density at radius 3 is 2.35 bits per heavy atom. The van der Waals surface area contributed by atoms with Crippen LogP contribution in [0.2, 0.25) is 0 Å². The monoisotopic (exact) mass is 432 g/mol. The van der Waals surface area contributed by atoms with Gasteiger partial charge in [0.2, 0.25) is 5.91 Å². The standard InChI is InChI=1S/C24H30F2N2O3/c1-16(2)28(17(3)4)12-13-31-23-15-19(8-10-22(23)30-5)27-24(29)11-7-18-6-9-20(25)21(26)14-18/h6-11,14-17H,12-13H2,1-5H3,(H,27,29). The van der Waals surface area contributed by atoms with Crippen molar-refractivity contribution >= 4 is 17.7 Å². The summed E-state index contributed by atoms with van der Waals surface area (Å²) in [6.07, 6.45) is 2.66. The Labute approximate surface area is 182 Å². The third kappa shape index (κ3) is 7.36. The first-order valence-electron chi connectivity index (χ1n) is 10.2. The van der Waals surface area contributed by atoms with Crippen molar-refractivity contribution in [2.45, 2.75) is 39.8 Å². The predicted molar refractivity (Wildman–Crippen MR) is 119 cm³/mol. The van der Waals surface area contributed by atoms with E-state index in [9.17, 15) is 13.6 Å². The first-order valence-corrected chi connectivity index (χ1v) is 10.2. The van der Waals surface area contributed by atoms with Crippen molar-refractivity contribution in [2.24, 2.45) is 0 Å². The van der Waals surface area contributed by atoms with Crippen molar-refractivity contribution in [3.63, 3.8) is 0 Å². The van der Waals surface area contributed by atoms with E-state index in [4.69, 9.17) is 9.47 Å². The summed E-state index contributed by atoms with van der Waals surface area (Å²) in [6.45, 7) is 9.80. The highest BCUT2D eigenvalue weighted by atomic mass is 19.2. The number of ether oxygens (including phenoxy) is 2. The second kappa shape index (κ2) is 11.5. The van der Waals surface area contributed by atoms with Crippen molar-refractivity contribution in [2.75, 3.05) is 25.6 Å². The molecular formula is C24H30F2N2O3. The van der Waals surface area contributed by atoms with Gasteiger partial charge in [0.25, 0.3) is 0 Å². The van der Waals surface area contributed by atoms with Gasteiger partial charge in [-0.2, -0.15) is 0 Å². The summed E-state index contributed by atoms with van der Waals surface area (Å²) in [4.78, 5) is 14.5. The molecule has 0 aliphatic carbocycles. The quantitative estimate of drug-likeness (QED) is 0.529. The maximum atomic E-state index is 13.3. The number of nitrogens with one attached hydrogen (secondary N) is 1. The third-order valence-electron chi connectivity index (χ3n) is 4.74. The molecule has 1 N–H and O–H groups in total. The maximum absolute atomic E-state index is 13.3. The van der Waals surface area contributed by atoms with Gasteiger partial charge in [0, 0.05) is 36.5 Å². The fourth-order valence-electron chi connectivity index (χ4n) is 3.21. The lowest BCUT2D eigenvalue weighted by molar-refractivity contribution is -0.111. The Hall–Kier alpha value is -2.93. The highest BCUT2D eigenvalue weighted by Gasteiger charge is 2.14. The molecule has 2 rings (SSSR count). The lowest BCUT2D eigenvalue weighted by Gasteiger charge is -2.30.